The molecule has 0 spiro atoms. The van der Waals surface area contributed by atoms with Gasteiger partial charge in [-0.15, -0.1) is 0 Å². The molecule has 0 aromatic heterocycles. The molecule has 0 unspecified atom stereocenters. The Morgan fingerprint density at radius 1 is 1.30 bits per heavy atom. The molecular weight excluding hydrogens is 273 g/mol. The molecule has 0 heterocycles. The van der Waals surface area contributed by atoms with Crippen LogP contribution in [0.2, 0.25) is 0 Å². The Balaban J connectivity index is 0.000000511. The van der Waals surface area contributed by atoms with Crippen molar-refractivity contribution in [3.8, 4) is 5.75 Å². The summed E-state index contributed by atoms with van der Waals surface area (Å²) in [6, 6.07) is 6.89. The van der Waals surface area contributed by atoms with E-state index < -0.39 is 12.6 Å². The van der Waals surface area contributed by atoms with E-state index in [0.717, 1.165) is 12.5 Å². The lowest BCUT2D eigenvalue weighted by Crippen LogP contribution is -2.04. The fourth-order valence-corrected chi connectivity index (χ4v) is 1.19. The van der Waals surface area contributed by atoms with Gasteiger partial charge in [0.05, 0.1) is 6.61 Å². The third-order valence-corrected chi connectivity index (χ3v) is 2.23. The van der Waals surface area contributed by atoms with Gasteiger partial charge in [0.1, 0.15) is 5.75 Å². The largest absolute Gasteiger partial charge is 0.508 e. The van der Waals surface area contributed by atoms with Crippen molar-refractivity contribution >= 4 is 5.97 Å². The van der Waals surface area contributed by atoms with Crippen molar-refractivity contribution in [3.63, 3.8) is 0 Å². The molecule has 0 aliphatic heterocycles. The molecule has 0 atom stereocenters. The average molecular weight is 292 g/mol. The van der Waals surface area contributed by atoms with Crippen LogP contribution in [0.5, 0.6) is 5.75 Å². The predicted molar refractivity (Wildman–Crippen MR) is 69.4 cm³/mol. The number of rotatable bonds is 4. The number of phenolic OH excluding ortho intramolecular Hbond substituents is 1. The Hall–Kier alpha value is -1.72. The number of esters is 1. The minimum absolute atomic E-state index is 0.198. The number of alkyl halides is 3. The van der Waals surface area contributed by atoms with Gasteiger partial charge in [-0.2, -0.15) is 13.2 Å². The van der Waals surface area contributed by atoms with Gasteiger partial charge in [-0.3, -0.25) is 4.79 Å². The van der Waals surface area contributed by atoms with Gasteiger partial charge in [-0.25, -0.2) is 0 Å². The van der Waals surface area contributed by atoms with E-state index in [4.69, 9.17) is 9.84 Å². The van der Waals surface area contributed by atoms with Gasteiger partial charge in [-0.05, 0) is 31.0 Å². The molecule has 1 rings (SSSR count). The van der Waals surface area contributed by atoms with Crippen molar-refractivity contribution in [2.24, 2.45) is 0 Å². The minimum Gasteiger partial charge on any atom is -0.508 e. The maximum absolute atomic E-state index is 11.0. The smallest absolute Gasteiger partial charge is 0.388 e. The molecule has 1 N–H and O–H groups in total. The lowest BCUT2D eigenvalue weighted by Gasteiger charge is -2.02. The predicted octanol–water partition coefficient (Wildman–Crippen LogP) is 3.85. The van der Waals surface area contributed by atoms with Crippen molar-refractivity contribution in [3.05, 3.63) is 29.8 Å². The molecule has 20 heavy (non-hydrogen) atoms. The zero-order valence-corrected chi connectivity index (χ0v) is 11.5. The number of aromatic hydroxyl groups is 1. The number of aryl methyl sites for hydroxylation is 1. The molecule has 0 aliphatic rings. The van der Waals surface area contributed by atoms with Gasteiger partial charge in [-0.1, -0.05) is 19.1 Å². The number of ether oxygens (including phenoxy) is 1. The van der Waals surface area contributed by atoms with Crippen LogP contribution in [0.4, 0.5) is 13.2 Å². The highest BCUT2D eigenvalue weighted by Crippen LogP contribution is 2.17. The Labute approximate surface area is 116 Å². The van der Waals surface area contributed by atoms with E-state index in [-0.39, 0.29) is 11.7 Å². The van der Waals surface area contributed by atoms with Crippen LogP contribution in [0.3, 0.4) is 0 Å². The fourth-order valence-electron chi connectivity index (χ4n) is 1.19. The standard InChI is InChI=1S/C11H14O3.C3H5F3/c1-2-14-11(13)7-6-9-4-3-5-10(12)8-9;1-2-3(4,5)6/h3-5,8,12H,2,6-7H2,1H3;2H2,1H3. The van der Waals surface area contributed by atoms with Crippen LogP contribution in [0.25, 0.3) is 0 Å². The van der Waals surface area contributed by atoms with E-state index in [2.05, 4.69) is 0 Å². The molecule has 0 aliphatic carbocycles. The summed E-state index contributed by atoms with van der Waals surface area (Å²) in [5.74, 6) is 0.0298. The highest BCUT2D eigenvalue weighted by Gasteiger charge is 2.22. The molecular formula is C14H19F3O3. The monoisotopic (exact) mass is 292 g/mol. The molecule has 1 aromatic carbocycles. The van der Waals surface area contributed by atoms with Crippen molar-refractivity contribution < 1.29 is 27.8 Å². The van der Waals surface area contributed by atoms with E-state index in [1.54, 1.807) is 25.1 Å². The van der Waals surface area contributed by atoms with E-state index >= 15 is 0 Å². The van der Waals surface area contributed by atoms with Gasteiger partial charge >= 0.3 is 12.1 Å². The third-order valence-electron chi connectivity index (χ3n) is 2.23. The first kappa shape index (κ1) is 18.3. The Kier molecular flexibility index (Phi) is 8.43. The van der Waals surface area contributed by atoms with Crippen molar-refractivity contribution in [2.75, 3.05) is 6.61 Å². The molecule has 0 radical (unpaired) electrons. The second-order valence-electron chi connectivity index (χ2n) is 3.94. The molecule has 0 bridgehead atoms. The summed E-state index contributed by atoms with van der Waals surface area (Å²) >= 11 is 0. The van der Waals surface area contributed by atoms with E-state index in [0.29, 0.717) is 19.4 Å². The van der Waals surface area contributed by atoms with Gasteiger partial charge in [0, 0.05) is 12.8 Å². The van der Waals surface area contributed by atoms with Gasteiger partial charge < -0.3 is 9.84 Å². The van der Waals surface area contributed by atoms with Crippen LogP contribution in [-0.4, -0.2) is 23.9 Å². The number of phenols is 1. The van der Waals surface area contributed by atoms with Crippen LogP contribution >= 0.6 is 0 Å². The number of carbonyl (C=O) groups is 1. The molecule has 1 aromatic rings. The van der Waals surface area contributed by atoms with Crippen molar-refractivity contribution in [1.29, 1.82) is 0 Å². The second-order valence-corrected chi connectivity index (χ2v) is 3.94. The summed E-state index contributed by atoms with van der Waals surface area (Å²) in [7, 11) is 0. The number of carbonyl (C=O) groups excluding carboxylic acids is 1. The SMILES string of the molecule is CCC(F)(F)F.CCOC(=O)CCc1cccc(O)c1. The first-order valence-electron chi connectivity index (χ1n) is 6.28. The highest BCUT2D eigenvalue weighted by molar-refractivity contribution is 5.69. The first-order valence-corrected chi connectivity index (χ1v) is 6.28. The number of halogens is 3. The summed E-state index contributed by atoms with van der Waals surface area (Å²) in [5.41, 5.74) is 0.943. The van der Waals surface area contributed by atoms with Gasteiger partial charge in [0.15, 0.2) is 0 Å². The quantitative estimate of drug-likeness (QED) is 0.857. The van der Waals surface area contributed by atoms with Crippen LogP contribution < -0.4 is 0 Å². The summed E-state index contributed by atoms with van der Waals surface area (Å²) in [4.78, 5) is 11.0. The normalized spacial score (nSPS) is 10.4. The fraction of sp³-hybridized carbons (Fsp3) is 0.500. The van der Waals surface area contributed by atoms with Gasteiger partial charge in [0.25, 0.3) is 0 Å². The number of benzene rings is 1. The van der Waals surface area contributed by atoms with E-state index in [9.17, 15) is 18.0 Å². The lowest BCUT2D eigenvalue weighted by atomic mass is 10.1. The second kappa shape index (κ2) is 9.23. The summed E-state index contributed by atoms with van der Waals surface area (Å²) < 4.78 is 37.1. The van der Waals surface area contributed by atoms with Crippen LogP contribution in [0.1, 0.15) is 32.3 Å². The maximum Gasteiger partial charge on any atom is 0.388 e. The number of hydrogen-bond donors (Lipinski definition) is 1. The molecule has 0 fully saturated rings. The van der Waals surface area contributed by atoms with Crippen molar-refractivity contribution in [1.82, 2.24) is 0 Å². The highest BCUT2D eigenvalue weighted by atomic mass is 19.4. The zero-order valence-electron chi connectivity index (χ0n) is 11.5. The molecule has 0 amide bonds. The Bertz CT molecular complexity index is 403. The molecule has 3 nitrogen and oxygen atoms in total. The molecule has 0 saturated carbocycles. The summed E-state index contributed by atoms with van der Waals surface area (Å²) in [6.45, 7) is 3.28. The maximum atomic E-state index is 11.0. The van der Waals surface area contributed by atoms with Crippen LogP contribution in [0.15, 0.2) is 24.3 Å². The van der Waals surface area contributed by atoms with Crippen molar-refractivity contribution in [2.45, 2.75) is 39.3 Å². The average Bonchev–Trinajstić information content (AvgIpc) is 2.37. The minimum atomic E-state index is -3.96. The molecule has 114 valence electrons. The lowest BCUT2D eigenvalue weighted by molar-refractivity contribution is -0.143. The Morgan fingerprint density at radius 3 is 2.35 bits per heavy atom. The zero-order chi connectivity index (χ0) is 15.6. The molecule has 6 heteroatoms. The Morgan fingerprint density at radius 2 is 1.90 bits per heavy atom. The topological polar surface area (TPSA) is 46.5 Å². The van der Waals surface area contributed by atoms with E-state index in [1.807, 2.05) is 6.07 Å². The van der Waals surface area contributed by atoms with E-state index in [1.165, 1.54) is 0 Å². The van der Waals surface area contributed by atoms with Gasteiger partial charge in [0.2, 0.25) is 0 Å². The number of hydrogen-bond acceptors (Lipinski definition) is 3. The first-order chi connectivity index (χ1) is 9.28. The third kappa shape index (κ3) is 10.2. The summed E-state index contributed by atoms with van der Waals surface area (Å²) in [6.07, 6.45) is -3.72. The van der Waals surface area contributed by atoms with Crippen LogP contribution in [-0.2, 0) is 16.0 Å². The van der Waals surface area contributed by atoms with Crippen LogP contribution in [0, 0.1) is 0 Å². The summed E-state index contributed by atoms with van der Waals surface area (Å²) in [5, 5.41) is 9.17. The molecule has 0 saturated heterocycles.